The van der Waals surface area contributed by atoms with E-state index in [4.69, 9.17) is 21.1 Å². The minimum atomic E-state index is -0.0535. The summed E-state index contributed by atoms with van der Waals surface area (Å²) < 4.78 is 10.9. The lowest BCUT2D eigenvalue weighted by Crippen LogP contribution is -2.09. The normalized spacial score (nSPS) is 10.7. The maximum atomic E-state index is 5.82. The van der Waals surface area contributed by atoms with Gasteiger partial charge >= 0.3 is 12.0 Å². The Labute approximate surface area is 126 Å². The largest absolute Gasteiger partial charge is 0.461 e. The molecule has 1 heterocycles. The van der Waals surface area contributed by atoms with Crippen molar-refractivity contribution in [1.29, 1.82) is 0 Å². The van der Waals surface area contributed by atoms with Crippen LogP contribution >= 0.6 is 23.4 Å². The third-order valence-corrected chi connectivity index (χ3v) is 3.09. The lowest BCUT2D eigenvalue weighted by Gasteiger charge is -2.09. The van der Waals surface area contributed by atoms with Crippen molar-refractivity contribution in [2.75, 3.05) is 6.26 Å². The molecule has 1 aromatic carbocycles. The fraction of sp³-hybridized carbons (Fsp3) is 0.308. The van der Waals surface area contributed by atoms with Gasteiger partial charge in [-0.25, -0.2) is 0 Å². The first kappa shape index (κ1) is 14.9. The zero-order valence-corrected chi connectivity index (χ0v) is 12.9. The molecule has 1 aromatic heterocycles. The summed E-state index contributed by atoms with van der Waals surface area (Å²) in [6.07, 6.45) is 1.96. The molecule has 0 spiro atoms. The molecule has 0 saturated carbocycles. The number of rotatable bonds is 5. The van der Waals surface area contributed by atoms with E-state index in [0.717, 1.165) is 4.90 Å². The monoisotopic (exact) mass is 311 g/mol. The molecule has 0 atom stereocenters. The van der Waals surface area contributed by atoms with Crippen molar-refractivity contribution in [2.45, 2.75) is 24.8 Å². The van der Waals surface area contributed by atoms with Crippen molar-refractivity contribution in [2.24, 2.45) is 0 Å². The molecular formula is C13H14ClN3O2S. The van der Waals surface area contributed by atoms with Crippen molar-refractivity contribution in [3.8, 4) is 17.8 Å². The molecule has 0 aliphatic carbocycles. The minimum Gasteiger partial charge on any atom is -0.461 e. The SMILES string of the molecule is CSc1ccc(Oc2nc(Cl)nc(OC(C)C)n2)cc1. The van der Waals surface area contributed by atoms with Gasteiger partial charge in [-0.3, -0.25) is 0 Å². The summed E-state index contributed by atoms with van der Waals surface area (Å²) >= 11 is 7.48. The van der Waals surface area contributed by atoms with Gasteiger partial charge in [0.2, 0.25) is 5.28 Å². The molecule has 0 radical (unpaired) electrons. The topological polar surface area (TPSA) is 57.1 Å². The summed E-state index contributed by atoms with van der Waals surface area (Å²) in [5, 5.41) is 0.0337. The summed E-state index contributed by atoms with van der Waals surface area (Å²) in [5.74, 6) is 0.626. The van der Waals surface area contributed by atoms with Crippen LogP contribution in [0.25, 0.3) is 0 Å². The van der Waals surface area contributed by atoms with E-state index < -0.39 is 0 Å². The fourth-order valence-corrected chi connectivity index (χ4v) is 1.93. The third kappa shape index (κ3) is 4.25. The van der Waals surface area contributed by atoms with Gasteiger partial charge in [0.05, 0.1) is 6.10 Å². The average Bonchev–Trinajstić information content (AvgIpc) is 2.38. The first-order valence-corrected chi connectivity index (χ1v) is 7.57. The number of aromatic nitrogens is 3. The number of ether oxygens (including phenoxy) is 2. The summed E-state index contributed by atoms with van der Waals surface area (Å²) in [4.78, 5) is 13.0. The van der Waals surface area contributed by atoms with E-state index >= 15 is 0 Å². The molecule has 0 aliphatic heterocycles. The number of nitrogens with zero attached hydrogens (tertiary/aromatic N) is 3. The highest BCUT2D eigenvalue weighted by molar-refractivity contribution is 7.98. The van der Waals surface area contributed by atoms with Gasteiger partial charge in [-0.2, -0.15) is 9.97 Å². The van der Waals surface area contributed by atoms with E-state index in [-0.39, 0.29) is 23.4 Å². The number of benzene rings is 1. The Morgan fingerprint density at radius 1 is 1.05 bits per heavy atom. The van der Waals surface area contributed by atoms with Crippen LogP contribution in [0.3, 0.4) is 0 Å². The van der Waals surface area contributed by atoms with Crippen molar-refractivity contribution >= 4 is 23.4 Å². The van der Waals surface area contributed by atoms with Crippen LogP contribution in [0.5, 0.6) is 17.8 Å². The Balaban J connectivity index is 2.17. The Hall–Kier alpha value is -1.53. The van der Waals surface area contributed by atoms with E-state index in [1.165, 1.54) is 0 Å². The lowest BCUT2D eigenvalue weighted by atomic mass is 10.3. The molecule has 2 aromatic rings. The fourth-order valence-electron chi connectivity index (χ4n) is 1.37. The molecule has 20 heavy (non-hydrogen) atoms. The predicted molar refractivity (Wildman–Crippen MR) is 78.9 cm³/mol. The van der Waals surface area contributed by atoms with Gasteiger partial charge < -0.3 is 9.47 Å². The third-order valence-electron chi connectivity index (χ3n) is 2.18. The molecule has 0 amide bonds. The maximum Gasteiger partial charge on any atom is 0.329 e. The van der Waals surface area contributed by atoms with Gasteiger partial charge in [-0.05, 0) is 56.0 Å². The van der Waals surface area contributed by atoms with E-state index in [2.05, 4.69) is 15.0 Å². The van der Waals surface area contributed by atoms with Gasteiger partial charge in [0.15, 0.2) is 0 Å². The molecule has 5 nitrogen and oxygen atoms in total. The summed E-state index contributed by atoms with van der Waals surface area (Å²) in [5.41, 5.74) is 0. The number of thioether (sulfide) groups is 1. The lowest BCUT2D eigenvalue weighted by molar-refractivity contribution is 0.218. The highest BCUT2D eigenvalue weighted by atomic mass is 35.5. The van der Waals surface area contributed by atoms with Crippen molar-refractivity contribution in [3.63, 3.8) is 0 Å². The molecule has 0 fully saturated rings. The average molecular weight is 312 g/mol. The highest BCUT2D eigenvalue weighted by Crippen LogP contribution is 2.23. The van der Waals surface area contributed by atoms with Gasteiger partial charge in [-0.15, -0.1) is 16.7 Å². The molecule has 106 valence electrons. The maximum absolute atomic E-state index is 5.82. The van der Waals surface area contributed by atoms with Crippen LogP contribution in [-0.2, 0) is 0 Å². The Kier molecular flexibility index (Phi) is 5.03. The predicted octanol–water partition coefficient (Wildman–Crippen LogP) is 3.83. The second-order valence-electron chi connectivity index (χ2n) is 4.11. The van der Waals surface area contributed by atoms with Gasteiger partial charge in [-0.1, -0.05) is 0 Å². The summed E-state index contributed by atoms with van der Waals surface area (Å²) in [7, 11) is 0. The second-order valence-corrected chi connectivity index (χ2v) is 5.33. The Morgan fingerprint density at radius 2 is 1.70 bits per heavy atom. The molecule has 7 heteroatoms. The van der Waals surface area contributed by atoms with E-state index in [1.807, 2.05) is 44.4 Å². The van der Waals surface area contributed by atoms with E-state index in [1.54, 1.807) is 11.8 Å². The standard InChI is InChI=1S/C13H14ClN3O2S/c1-8(2)18-12-15-11(14)16-13(17-12)19-9-4-6-10(20-3)7-5-9/h4-8H,1-3H3. The quantitative estimate of drug-likeness (QED) is 0.782. The Morgan fingerprint density at radius 3 is 2.30 bits per heavy atom. The van der Waals surface area contributed by atoms with Crippen molar-refractivity contribution in [1.82, 2.24) is 15.0 Å². The molecule has 0 bridgehead atoms. The zero-order chi connectivity index (χ0) is 14.5. The van der Waals surface area contributed by atoms with E-state index in [9.17, 15) is 0 Å². The highest BCUT2D eigenvalue weighted by Gasteiger charge is 2.09. The van der Waals surface area contributed by atoms with Gasteiger partial charge in [0.1, 0.15) is 5.75 Å². The zero-order valence-electron chi connectivity index (χ0n) is 11.3. The van der Waals surface area contributed by atoms with Crippen LogP contribution < -0.4 is 9.47 Å². The van der Waals surface area contributed by atoms with Crippen LogP contribution in [0.1, 0.15) is 13.8 Å². The molecular weight excluding hydrogens is 298 g/mol. The Bertz CT molecular complexity index is 578. The van der Waals surface area contributed by atoms with Crippen LogP contribution in [0.15, 0.2) is 29.2 Å². The number of hydrogen-bond acceptors (Lipinski definition) is 6. The number of halogens is 1. The van der Waals surface area contributed by atoms with Gasteiger partial charge in [0, 0.05) is 4.90 Å². The summed E-state index contributed by atoms with van der Waals surface area (Å²) in [6.45, 7) is 3.75. The molecule has 2 rings (SSSR count). The van der Waals surface area contributed by atoms with Gasteiger partial charge in [0.25, 0.3) is 0 Å². The van der Waals surface area contributed by atoms with E-state index in [0.29, 0.717) is 5.75 Å². The minimum absolute atomic E-state index is 0.0337. The van der Waals surface area contributed by atoms with Crippen molar-refractivity contribution in [3.05, 3.63) is 29.5 Å². The smallest absolute Gasteiger partial charge is 0.329 e. The molecule has 0 saturated heterocycles. The van der Waals surface area contributed by atoms with Crippen LogP contribution in [0.2, 0.25) is 5.28 Å². The molecule has 0 unspecified atom stereocenters. The first-order valence-electron chi connectivity index (χ1n) is 5.97. The molecule has 0 aliphatic rings. The van der Waals surface area contributed by atoms with Crippen molar-refractivity contribution < 1.29 is 9.47 Å². The van der Waals surface area contributed by atoms with Crippen LogP contribution in [0.4, 0.5) is 0 Å². The van der Waals surface area contributed by atoms with Crippen LogP contribution in [0, 0.1) is 0 Å². The molecule has 0 N–H and O–H groups in total. The van der Waals surface area contributed by atoms with Crippen LogP contribution in [-0.4, -0.2) is 27.3 Å². The summed E-state index contributed by atoms with van der Waals surface area (Å²) in [6, 6.07) is 7.84. The number of hydrogen-bond donors (Lipinski definition) is 0. The first-order chi connectivity index (χ1) is 9.56. The second kappa shape index (κ2) is 6.76.